The van der Waals surface area contributed by atoms with Crippen LogP contribution in [-0.2, 0) is 6.54 Å². The number of aliphatic hydroxyl groups is 1. The second-order valence-electron chi connectivity index (χ2n) is 7.30. The number of halogens is 2. The van der Waals surface area contributed by atoms with Crippen LogP contribution < -0.4 is 4.74 Å². The first-order chi connectivity index (χ1) is 14.4. The Labute approximate surface area is 186 Å². The number of ketones is 1. The molecule has 5 nitrogen and oxygen atoms in total. The van der Waals surface area contributed by atoms with Crippen molar-refractivity contribution >= 4 is 35.1 Å². The van der Waals surface area contributed by atoms with Gasteiger partial charge < -0.3 is 14.9 Å². The molecule has 7 heteroatoms. The van der Waals surface area contributed by atoms with Gasteiger partial charge in [0.1, 0.15) is 11.5 Å². The van der Waals surface area contributed by atoms with Crippen molar-refractivity contribution in [1.82, 2.24) is 4.90 Å². The number of ether oxygens (including phenoxy) is 1. The Morgan fingerprint density at radius 1 is 1.30 bits per heavy atom. The Morgan fingerprint density at radius 2 is 2.10 bits per heavy atom. The molecule has 1 saturated heterocycles. The maximum atomic E-state index is 12.8. The average Bonchev–Trinajstić information content (AvgIpc) is 2.69. The minimum Gasteiger partial charge on any atom is -0.507 e. The van der Waals surface area contributed by atoms with Crippen LogP contribution in [0, 0.1) is 0 Å². The lowest BCUT2D eigenvalue weighted by Gasteiger charge is -2.30. The van der Waals surface area contributed by atoms with Gasteiger partial charge in [0.15, 0.2) is 5.78 Å². The van der Waals surface area contributed by atoms with E-state index in [1.165, 1.54) is 12.1 Å². The first-order valence-corrected chi connectivity index (χ1v) is 10.7. The number of hydrogen-bond donors (Lipinski definition) is 2. The fraction of sp³-hybridized carbons (Fsp3) is 0.348. The van der Waals surface area contributed by atoms with Gasteiger partial charge in [-0.15, -0.1) is 0 Å². The molecule has 1 aliphatic heterocycles. The molecule has 1 fully saturated rings. The van der Waals surface area contributed by atoms with Crippen molar-refractivity contribution in [2.75, 3.05) is 19.7 Å². The van der Waals surface area contributed by atoms with Crippen LogP contribution in [0.1, 0.15) is 41.3 Å². The highest BCUT2D eigenvalue weighted by molar-refractivity contribution is 6.35. The van der Waals surface area contributed by atoms with Crippen LogP contribution in [0.4, 0.5) is 0 Å². The van der Waals surface area contributed by atoms with E-state index in [0.717, 1.165) is 24.9 Å². The Morgan fingerprint density at radius 3 is 2.80 bits per heavy atom. The number of rotatable bonds is 7. The lowest BCUT2D eigenvalue weighted by atomic mass is 10.0. The summed E-state index contributed by atoms with van der Waals surface area (Å²) in [7, 11) is 0. The highest BCUT2D eigenvalue weighted by atomic mass is 35.5. The highest BCUT2D eigenvalue weighted by Gasteiger charge is 2.21. The number of nitrogens with zero attached hydrogens (tertiary/aromatic N) is 1. The van der Waals surface area contributed by atoms with Crippen LogP contribution in [0.5, 0.6) is 11.5 Å². The van der Waals surface area contributed by atoms with Gasteiger partial charge in [-0.1, -0.05) is 29.3 Å². The monoisotopic (exact) mass is 449 g/mol. The summed E-state index contributed by atoms with van der Waals surface area (Å²) < 4.78 is 5.67. The van der Waals surface area contributed by atoms with Crippen LogP contribution in [0.3, 0.4) is 0 Å². The minimum absolute atomic E-state index is 0.141. The van der Waals surface area contributed by atoms with E-state index in [9.17, 15) is 15.0 Å². The smallest absolute Gasteiger partial charge is 0.189 e. The molecule has 1 unspecified atom stereocenters. The molecule has 0 bridgehead atoms. The molecule has 0 radical (unpaired) electrons. The van der Waals surface area contributed by atoms with Gasteiger partial charge in [0.05, 0.1) is 18.3 Å². The molecule has 2 aromatic rings. The second-order valence-corrected chi connectivity index (χ2v) is 8.15. The average molecular weight is 450 g/mol. The minimum atomic E-state index is -0.348. The summed E-state index contributed by atoms with van der Waals surface area (Å²) >= 11 is 12.1. The van der Waals surface area contributed by atoms with Crippen LogP contribution >= 0.6 is 23.2 Å². The molecule has 2 aromatic carbocycles. The Bertz CT molecular complexity index is 945. The summed E-state index contributed by atoms with van der Waals surface area (Å²) in [5.74, 6) is 0.0514. The molecule has 2 N–H and O–H groups in total. The SMILES string of the molecule is CCOc1cc(O)c(C(=O)/C=C/c2ccc(Cl)cc2Cl)cc1CN1CCCC(O)C1. The largest absolute Gasteiger partial charge is 0.507 e. The fourth-order valence-electron chi connectivity index (χ4n) is 3.53. The summed E-state index contributed by atoms with van der Waals surface area (Å²) in [5, 5.41) is 21.3. The molecular weight excluding hydrogens is 425 g/mol. The van der Waals surface area contributed by atoms with Crippen molar-refractivity contribution in [3.63, 3.8) is 0 Å². The van der Waals surface area contributed by atoms with Crippen LogP contribution in [0.15, 0.2) is 36.4 Å². The van der Waals surface area contributed by atoms with E-state index in [4.69, 9.17) is 27.9 Å². The van der Waals surface area contributed by atoms with Crippen molar-refractivity contribution in [2.45, 2.75) is 32.4 Å². The van der Waals surface area contributed by atoms with E-state index in [2.05, 4.69) is 4.90 Å². The van der Waals surface area contributed by atoms with Crippen molar-refractivity contribution in [3.8, 4) is 11.5 Å². The van der Waals surface area contributed by atoms with E-state index in [0.29, 0.717) is 41.1 Å². The molecule has 3 rings (SSSR count). The van der Waals surface area contributed by atoms with E-state index in [1.54, 1.807) is 30.3 Å². The van der Waals surface area contributed by atoms with Gasteiger partial charge in [-0.05, 0) is 62.2 Å². The standard InChI is InChI=1S/C23H25Cl2NO4/c1-2-30-23-12-22(29)19(10-16(23)13-26-9-3-4-18(27)14-26)21(28)8-6-15-5-7-17(24)11-20(15)25/h5-8,10-12,18,27,29H,2-4,9,13-14H2,1H3/b8-6+. The first-order valence-electron chi connectivity index (χ1n) is 9.94. The predicted octanol–water partition coefficient (Wildman–Crippen LogP) is 4.95. The second kappa shape index (κ2) is 10.3. The number of likely N-dealkylation sites (tertiary alicyclic amines) is 1. The number of aliphatic hydroxyl groups excluding tert-OH is 1. The fourth-order valence-corrected chi connectivity index (χ4v) is 4.00. The lowest BCUT2D eigenvalue weighted by Crippen LogP contribution is -2.37. The van der Waals surface area contributed by atoms with Crippen molar-refractivity contribution in [1.29, 1.82) is 0 Å². The number of allylic oxidation sites excluding steroid dienone is 1. The number of carbonyl (C=O) groups excluding carboxylic acids is 1. The summed E-state index contributed by atoms with van der Waals surface area (Å²) in [5.41, 5.74) is 1.64. The quantitative estimate of drug-likeness (QED) is 0.462. The number of phenolic OH excluding ortho intramolecular Hbond substituents is 1. The topological polar surface area (TPSA) is 70.0 Å². The maximum Gasteiger partial charge on any atom is 0.189 e. The van der Waals surface area contributed by atoms with Crippen LogP contribution in [0.25, 0.3) is 6.08 Å². The third kappa shape index (κ3) is 5.76. The van der Waals surface area contributed by atoms with Gasteiger partial charge in [0.25, 0.3) is 0 Å². The van der Waals surface area contributed by atoms with Gasteiger partial charge >= 0.3 is 0 Å². The van der Waals surface area contributed by atoms with Gasteiger partial charge in [-0.2, -0.15) is 0 Å². The molecule has 0 saturated carbocycles. The van der Waals surface area contributed by atoms with Crippen molar-refractivity contribution in [3.05, 3.63) is 63.1 Å². The number of phenols is 1. The molecule has 1 aliphatic rings. The van der Waals surface area contributed by atoms with Gasteiger partial charge in [-0.3, -0.25) is 9.69 Å². The summed E-state index contributed by atoms with van der Waals surface area (Å²) in [6.07, 6.45) is 4.34. The summed E-state index contributed by atoms with van der Waals surface area (Å²) in [6.45, 7) is 4.27. The summed E-state index contributed by atoms with van der Waals surface area (Å²) in [6, 6.07) is 8.16. The van der Waals surface area contributed by atoms with Gasteiger partial charge in [-0.25, -0.2) is 0 Å². The molecule has 30 heavy (non-hydrogen) atoms. The number of aromatic hydroxyl groups is 1. The molecule has 0 spiro atoms. The highest BCUT2D eigenvalue weighted by Crippen LogP contribution is 2.31. The molecule has 0 amide bonds. The normalized spacial score (nSPS) is 17.4. The molecular formula is C23H25Cl2NO4. The molecule has 0 aromatic heterocycles. The molecule has 1 atom stereocenters. The number of β-amino-alcohol motifs (C(OH)–C–C–N with tert-alkyl or cyclic N) is 1. The number of hydrogen-bond acceptors (Lipinski definition) is 5. The van der Waals surface area contributed by atoms with E-state index in [1.807, 2.05) is 6.92 Å². The Balaban J connectivity index is 1.86. The van der Waals surface area contributed by atoms with E-state index in [-0.39, 0.29) is 23.2 Å². The molecule has 1 heterocycles. The third-order valence-corrected chi connectivity index (χ3v) is 5.56. The lowest BCUT2D eigenvalue weighted by molar-refractivity contribution is 0.0662. The van der Waals surface area contributed by atoms with Crippen molar-refractivity contribution in [2.24, 2.45) is 0 Å². The Hall–Kier alpha value is -2.05. The zero-order chi connectivity index (χ0) is 21.7. The zero-order valence-electron chi connectivity index (χ0n) is 16.8. The maximum absolute atomic E-state index is 12.8. The number of benzene rings is 2. The number of piperidine rings is 1. The van der Waals surface area contributed by atoms with Gasteiger partial charge in [0, 0.05) is 34.8 Å². The molecule has 0 aliphatic carbocycles. The first kappa shape index (κ1) is 22.6. The van der Waals surface area contributed by atoms with Crippen molar-refractivity contribution < 1.29 is 19.7 Å². The van der Waals surface area contributed by atoms with Gasteiger partial charge in [0.2, 0.25) is 0 Å². The Kier molecular flexibility index (Phi) is 7.78. The number of carbonyl (C=O) groups is 1. The third-order valence-electron chi connectivity index (χ3n) is 5.00. The van der Waals surface area contributed by atoms with Crippen LogP contribution in [0.2, 0.25) is 10.0 Å². The summed E-state index contributed by atoms with van der Waals surface area (Å²) in [4.78, 5) is 14.9. The molecule has 160 valence electrons. The predicted molar refractivity (Wildman–Crippen MR) is 120 cm³/mol. The van der Waals surface area contributed by atoms with Crippen LogP contribution in [-0.4, -0.2) is 46.7 Å². The van der Waals surface area contributed by atoms with E-state index < -0.39 is 0 Å². The van der Waals surface area contributed by atoms with E-state index >= 15 is 0 Å². The zero-order valence-corrected chi connectivity index (χ0v) is 18.3.